The van der Waals surface area contributed by atoms with Crippen molar-refractivity contribution >= 4 is 12.0 Å². The summed E-state index contributed by atoms with van der Waals surface area (Å²) in [5.74, 6) is -0.142. The summed E-state index contributed by atoms with van der Waals surface area (Å²) in [6, 6.07) is 8.28. The van der Waals surface area contributed by atoms with E-state index < -0.39 is 5.60 Å². The van der Waals surface area contributed by atoms with Crippen LogP contribution in [0.1, 0.15) is 60.8 Å². The maximum Gasteiger partial charge on any atom is 0.410 e. The quantitative estimate of drug-likeness (QED) is 0.863. The number of aryl methyl sites for hydroxylation is 1. The average Bonchev–Trinajstić information content (AvgIpc) is 3.29. The molecular formula is C22H28N4O3. The van der Waals surface area contributed by atoms with Crippen molar-refractivity contribution in [2.24, 2.45) is 0 Å². The van der Waals surface area contributed by atoms with Crippen LogP contribution in [0.2, 0.25) is 0 Å². The SMILES string of the molecule is Cc1cccc(C2(NC(=O)c3cnn4c3CN(C(=O)OC(C)(C)C)CC4)CC2)c1. The highest BCUT2D eigenvalue weighted by Crippen LogP contribution is 2.46. The molecule has 1 aliphatic carbocycles. The van der Waals surface area contributed by atoms with Crippen LogP contribution in [0.4, 0.5) is 4.79 Å². The fraction of sp³-hybridized carbons (Fsp3) is 0.500. The fourth-order valence-corrected chi connectivity index (χ4v) is 3.76. The van der Waals surface area contributed by atoms with Crippen LogP contribution in [0.25, 0.3) is 0 Å². The standard InChI is InChI=1S/C22H28N4O3/c1-15-6-5-7-16(12-15)22(8-9-22)24-19(27)17-13-23-26-11-10-25(14-18(17)26)20(28)29-21(2,3)4/h5-7,12-13H,8-11,14H2,1-4H3,(H,24,27). The van der Waals surface area contributed by atoms with Crippen molar-refractivity contribution in [2.45, 2.75) is 64.8 Å². The van der Waals surface area contributed by atoms with Crippen molar-refractivity contribution in [3.8, 4) is 0 Å². The molecule has 1 aliphatic heterocycles. The van der Waals surface area contributed by atoms with Gasteiger partial charge in [0.15, 0.2) is 0 Å². The summed E-state index contributed by atoms with van der Waals surface area (Å²) in [6.07, 6.45) is 3.09. The zero-order chi connectivity index (χ0) is 20.8. The molecule has 2 aromatic rings. The first-order chi connectivity index (χ1) is 13.7. The summed E-state index contributed by atoms with van der Waals surface area (Å²) in [5.41, 5.74) is 2.75. The van der Waals surface area contributed by atoms with Crippen LogP contribution < -0.4 is 5.32 Å². The van der Waals surface area contributed by atoms with E-state index >= 15 is 0 Å². The monoisotopic (exact) mass is 396 g/mol. The first-order valence-electron chi connectivity index (χ1n) is 10.1. The minimum absolute atomic E-state index is 0.142. The Morgan fingerprint density at radius 3 is 2.62 bits per heavy atom. The van der Waals surface area contributed by atoms with Crippen LogP contribution in [-0.2, 0) is 23.4 Å². The molecule has 0 saturated heterocycles. The number of rotatable bonds is 3. The first-order valence-corrected chi connectivity index (χ1v) is 10.1. The molecule has 2 aliphatic rings. The van der Waals surface area contributed by atoms with Gasteiger partial charge in [-0.2, -0.15) is 5.10 Å². The van der Waals surface area contributed by atoms with Gasteiger partial charge in [0.1, 0.15) is 5.60 Å². The molecule has 1 fully saturated rings. The van der Waals surface area contributed by atoms with Crippen molar-refractivity contribution < 1.29 is 14.3 Å². The van der Waals surface area contributed by atoms with Gasteiger partial charge in [0.25, 0.3) is 5.91 Å². The lowest BCUT2D eigenvalue weighted by atomic mass is 10.0. The Morgan fingerprint density at radius 2 is 1.97 bits per heavy atom. The van der Waals surface area contributed by atoms with Crippen molar-refractivity contribution in [1.82, 2.24) is 20.0 Å². The van der Waals surface area contributed by atoms with E-state index in [0.29, 0.717) is 25.2 Å². The molecule has 0 atom stereocenters. The molecule has 2 amide bonds. The van der Waals surface area contributed by atoms with Crippen molar-refractivity contribution in [1.29, 1.82) is 0 Å². The van der Waals surface area contributed by atoms with Gasteiger partial charge in [-0.15, -0.1) is 0 Å². The molecule has 7 nitrogen and oxygen atoms in total. The predicted molar refractivity (Wildman–Crippen MR) is 108 cm³/mol. The second-order valence-corrected chi connectivity index (χ2v) is 9.04. The molecule has 0 radical (unpaired) electrons. The molecule has 0 unspecified atom stereocenters. The van der Waals surface area contributed by atoms with Gasteiger partial charge in [-0.3, -0.25) is 9.48 Å². The molecule has 1 aromatic carbocycles. The Labute approximate surface area is 171 Å². The van der Waals surface area contributed by atoms with Crippen LogP contribution in [0.3, 0.4) is 0 Å². The van der Waals surface area contributed by atoms with Gasteiger partial charge in [-0.1, -0.05) is 29.8 Å². The molecule has 29 heavy (non-hydrogen) atoms. The van der Waals surface area contributed by atoms with Gasteiger partial charge < -0.3 is 15.0 Å². The number of hydrogen-bond acceptors (Lipinski definition) is 4. The van der Waals surface area contributed by atoms with Gasteiger partial charge in [0.2, 0.25) is 0 Å². The average molecular weight is 396 g/mol. The summed E-state index contributed by atoms with van der Waals surface area (Å²) >= 11 is 0. The Balaban J connectivity index is 1.51. The van der Waals surface area contributed by atoms with Crippen LogP contribution in [-0.4, -0.2) is 38.8 Å². The third-order valence-corrected chi connectivity index (χ3v) is 5.44. The lowest BCUT2D eigenvalue weighted by molar-refractivity contribution is 0.0193. The zero-order valence-electron chi connectivity index (χ0n) is 17.5. The van der Waals surface area contributed by atoms with Gasteiger partial charge >= 0.3 is 6.09 Å². The van der Waals surface area contributed by atoms with E-state index in [1.807, 2.05) is 31.5 Å². The Hall–Kier alpha value is -2.83. The summed E-state index contributed by atoms with van der Waals surface area (Å²) in [7, 11) is 0. The van der Waals surface area contributed by atoms with Crippen LogP contribution in [0.5, 0.6) is 0 Å². The number of carbonyl (C=O) groups is 2. The molecule has 0 bridgehead atoms. The maximum atomic E-state index is 13.1. The molecule has 1 aromatic heterocycles. The van der Waals surface area contributed by atoms with Crippen molar-refractivity contribution in [3.63, 3.8) is 0 Å². The summed E-state index contributed by atoms with van der Waals surface area (Å²) in [4.78, 5) is 27.2. The molecule has 2 heterocycles. The number of nitrogens with one attached hydrogen (secondary N) is 1. The Kier molecular flexibility index (Phi) is 4.63. The van der Waals surface area contributed by atoms with Crippen molar-refractivity contribution in [2.75, 3.05) is 6.54 Å². The smallest absolute Gasteiger partial charge is 0.410 e. The van der Waals surface area contributed by atoms with Gasteiger partial charge in [0.05, 0.1) is 36.1 Å². The number of amides is 2. The zero-order valence-corrected chi connectivity index (χ0v) is 17.5. The number of fused-ring (bicyclic) bond motifs is 1. The maximum absolute atomic E-state index is 13.1. The van der Waals surface area contributed by atoms with E-state index in [-0.39, 0.29) is 17.5 Å². The van der Waals surface area contributed by atoms with Crippen LogP contribution in [0.15, 0.2) is 30.5 Å². The number of aromatic nitrogens is 2. The predicted octanol–water partition coefficient (Wildman–Crippen LogP) is 3.36. The lowest BCUT2D eigenvalue weighted by Crippen LogP contribution is -2.42. The molecule has 7 heteroatoms. The summed E-state index contributed by atoms with van der Waals surface area (Å²) in [5, 5.41) is 7.58. The molecule has 1 saturated carbocycles. The molecule has 0 spiro atoms. The van der Waals surface area contributed by atoms with E-state index in [1.54, 1.807) is 11.1 Å². The van der Waals surface area contributed by atoms with E-state index in [2.05, 4.69) is 35.5 Å². The highest BCUT2D eigenvalue weighted by Gasteiger charge is 2.46. The van der Waals surface area contributed by atoms with E-state index in [4.69, 9.17) is 4.74 Å². The van der Waals surface area contributed by atoms with Gasteiger partial charge in [0, 0.05) is 6.54 Å². The first kappa shape index (κ1) is 19.5. The number of carbonyl (C=O) groups excluding carboxylic acids is 2. The van der Waals surface area contributed by atoms with E-state index in [0.717, 1.165) is 24.1 Å². The third-order valence-electron chi connectivity index (χ3n) is 5.44. The van der Waals surface area contributed by atoms with E-state index in [1.165, 1.54) is 5.56 Å². The summed E-state index contributed by atoms with van der Waals surface area (Å²) < 4.78 is 7.29. The minimum Gasteiger partial charge on any atom is -0.444 e. The van der Waals surface area contributed by atoms with Crippen LogP contribution in [0, 0.1) is 6.92 Å². The van der Waals surface area contributed by atoms with Crippen LogP contribution >= 0.6 is 0 Å². The minimum atomic E-state index is -0.554. The Bertz CT molecular complexity index is 953. The van der Waals surface area contributed by atoms with Gasteiger partial charge in [-0.05, 0) is 46.1 Å². The van der Waals surface area contributed by atoms with Crippen molar-refractivity contribution in [3.05, 3.63) is 52.8 Å². The lowest BCUT2D eigenvalue weighted by Gasteiger charge is -2.30. The second kappa shape index (κ2) is 6.90. The molecule has 1 N–H and O–H groups in total. The molecular weight excluding hydrogens is 368 g/mol. The Morgan fingerprint density at radius 1 is 1.21 bits per heavy atom. The second-order valence-electron chi connectivity index (χ2n) is 9.04. The molecule has 154 valence electrons. The topological polar surface area (TPSA) is 76.5 Å². The fourth-order valence-electron chi connectivity index (χ4n) is 3.76. The third kappa shape index (κ3) is 3.99. The number of nitrogens with zero attached hydrogens (tertiary/aromatic N) is 3. The van der Waals surface area contributed by atoms with E-state index in [9.17, 15) is 9.59 Å². The van der Waals surface area contributed by atoms with Gasteiger partial charge in [-0.25, -0.2) is 4.79 Å². The normalized spacial score (nSPS) is 17.4. The summed E-state index contributed by atoms with van der Waals surface area (Å²) in [6.45, 7) is 8.97. The number of hydrogen-bond donors (Lipinski definition) is 1. The highest BCUT2D eigenvalue weighted by atomic mass is 16.6. The highest BCUT2D eigenvalue weighted by molar-refractivity contribution is 5.96. The number of benzene rings is 1. The molecule has 4 rings (SSSR count). The number of ether oxygens (including phenoxy) is 1. The largest absolute Gasteiger partial charge is 0.444 e.